The molecule has 0 saturated carbocycles. The number of fused-ring (bicyclic) bond motifs is 1. The van der Waals surface area contributed by atoms with Gasteiger partial charge in [-0.1, -0.05) is 60.3 Å². The van der Waals surface area contributed by atoms with Crippen molar-refractivity contribution in [3.63, 3.8) is 0 Å². The molecule has 1 amide bonds. The van der Waals surface area contributed by atoms with Crippen LogP contribution in [0.2, 0.25) is 0 Å². The number of thioether (sulfide) groups is 1. The van der Waals surface area contributed by atoms with Crippen LogP contribution in [0.15, 0.2) is 65.6 Å². The van der Waals surface area contributed by atoms with Crippen LogP contribution in [0.1, 0.15) is 18.8 Å². The third kappa shape index (κ3) is 4.24. The van der Waals surface area contributed by atoms with E-state index in [1.807, 2.05) is 60.7 Å². The van der Waals surface area contributed by atoms with E-state index in [1.54, 1.807) is 0 Å². The van der Waals surface area contributed by atoms with Crippen LogP contribution < -0.4 is 5.32 Å². The van der Waals surface area contributed by atoms with Crippen molar-refractivity contribution < 1.29 is 24.1 Å². The number of benzene rings is 2. The van der Waals surface area contributed by atoms with Crippen molar-refractivity contribution in [3.05, 3.63) is 66.2 Å². The fourth-order valence-corrected chi connectivity index (χ4v) is 4.65. The van der Waals surface area contributed by atoms with E-state index in [0.717, 1.165) is 10.5 Å². The Balaban J connectivity index is 1.53. The number of aliphatic hydroxyl groups excluding tert-OH is 1. The molecule has 0 aromatic heterocycles. The zero-order valence-corrected chi connectivity index (χ0v) is 16.2. The van der Waals surface area contributed by atoms with E-state index in [4.69, 9.17) is 14.2 Å². The smallest absolute Gasteiger partial charge is 0.217 e. The molecule has 2 aliphatic rings. The molecule has 2 saturated heterocycles. The van der Waals surface area contributed by atoms with Crippen LogP contribution in [0.5, 0.6) is 0 Å². The van der Waals surface area contributed by atoms with Crippen molar-refractivity contribution in [3.8, 4) is 0 Å². The van der Waals surface area contributed by atoms with Crippen molar-refractivity contribution in [1.29, 1.82) is 0 Å². The molecule has 6 nitrogen and oxygen atoms in total. The number of carbonyl (C=O) groups is 1. The predicted molar refractivity (Wildman–Crippen MR) is 105 cm³/mol. The van der Waals surface area contributed by atoms with Gasteiger partial charge >= 0.3 is 0 Å². The molecule has 2 aromatic rings. The SMILES string of the molecule is CC(=O)N[C@@H]1[C@@H](O)[C@@H]2O[C@@H](c3ccccc3)OC[C@H]2O[C@H]1Sc1ccccc1. The largest absolute Gasteiger partial charge is 0.388 e. The average molecular weight is 401 g/mol. The average Bonchev–Trinajstić information content (AvgIpc) is 2.72. The molecule has 0 unspecified atom stereocenters. The lowest BCUT2D eigenvalue weighted by atomic mass is 9.96. The van der Waals surface area contributed by atoms with Gasteiger partial charge in [-0.2, -0.15) is 0 Å². The van der Waals surface area contributed by atoms with Crippen molar-refractivity contribution in [2.45, 2.75) is 47.9 Å². The third-order valence-corrected chi connectivity index (χ3v) is 5.98. The Hall–Kier alpha value is -1.90. The normalized spacial score (nSPS) is 32.4. The molecule has 4 rings (SSSR count). The molecule has 28 heavy (non-hydrogen) atoms. The van der Waals surface area contributed by atoms with Crippen molar-refractivity contribution in [2.75, 3.05) is 6.61 Å². The lowest BCUT2D eigenvalue weighted by Gasteiger charge is -2.47. The molecule has 2 fully saturated rings. The van der Waals surface area contributed by atoms with E-state index >= 15 is 0 Å². The molecule has 148 valence electrons. The first-order valence-corrected chi connectivity index (χ1v) is 10.1. The molecular weight excluding hydrogens is 378 g/mol. The minimum atomic E-state index is -0.918. The quantitative estimate of drug-likeness (QED) is 0.820. The fourth-order valence-electron chi connectivity index (χ4n) is 3.49. The standard InChI is InChI=1S/C21H23NO5S/c1-13(23)22-17-18(24)19-16(26-21(17)28-15-10-6-3-7-11-15)12-25-20(27-19)14-8-4-2-5-9-14/h2-11,16-21,24H,12H2,1H3,(H,22,23)/t16-,17-,18-,19-,20+,21+/m1/s1. The van der Waals surface area contributed by atoms with Crippen LogP contribution in [-0.2, 0) is 19.0 Å². The van der Waals surface area contributed by atoms with Crippen molar-refractivity contribution >= 4 is 17.7 Å². The first-order valence-electron chi connectivity index (χ1n) is 9.26. The van der Waals surface area contributed by atoms with Gasteiger partial charge in [0.25, 0.3) is 0 Å². The summed E-state index contributed by atoms with van der Waals surface area (Å²) in [5.41, 5.74) is 0.424. The lowest BCUT2D eigenvalue weighted by molar-refractivity contribution is -0.306. The van der Waals surface area contributed by atoms with Gasteiger partial charge in [0.1, 0.15) is 23.7 Å². The maximum absolute atomic E-state index is 11.7. The first-order chi connectivity index (χ1) is 13.6. The minimum absolute atomic E-state index is 0.226. The van der Waals surface area contributed by atoms with Gasteiger partial charge in [-0.25, -0.2) is 0 Å². The molecule has 7 heteroatoms. The van der Waals surface area contributed by atoms with E-state index in [1.165, 1.54) is 18.7 Å². The van der Waals surface area contributed by atoms with Crippen molar-refractivity contribution in [2.24, 2.45) is 0 Å². The molecule has 0 radical (unpaired) electrons. The van der Waals surface area contributed by atoms with E-state index in [-0.39, 0.29) is 5.91 Å². The van der Waals surface area contributed by atoms with Gasteiger partial charge in [0.05, 0.1) is 12.6 Å². The highest BCUT2D eigenvalue weighted by Crippen LogP contribution is 2.38. The van der Waals surface area contributed by atoms with Crippen LogP contribution in [0.25, 0.3) is 0 Å². The molecule has 2 aliphatic heterocycles. The zero-order chi connectivity index (χ0) is 19.5. The highest BCUT2D eigenvalue weighted by atomic mass is 32.2. The van der Waals surface area contributed by atoms with Gasteiger partial charge in [-0.15, -0.1) is 0 Å². The zero-order valence-electron chi connectivity index (χ0n) is 15.4. The lowest BCUT2D eigenvalue weighted by Crippen LogP contribution is -2.65. The summed E-state index contributed by atoms with van der Waals surface area (Å²) < 4.78 is 18.1. The number of hydrogen-bond donors (Lipinski definition) is 2. The first kappa shape index (κ1) is 19.4. The topological polar surface area (TPSA) is 77.0 Å². The maximum atomic E-state index is 11.7. The molecular formula is C21H23NO5S. The van der Waals surface area contributed by atoms with Crippen LogP contribution >= 0.6 is 11.8 Å². The molecule has 6 atom stereocenters. The number of carbonyl (C=O) groups excluding carboxylic acids is 1. The molecule has 2 heterocycles. The number of ether oxygens (including phenoxy) is 3. The monoisotopic (exact) mass is 401 g/mol. The third-order valence-electron chi connectivity index (χ3n) is 4.80. The Kier molecular flexibility index (Phi) is 5.99. The van der Waals surface area contributed by atoms with Crippen LogP contribution in [-0.4, -0.2) is 47.4 Å². The summed E-state index contributed by atoms with van der Waals surface area (Å²) in [6.45, 7) is 1.74. The second-order valence-corrected chi connectivity index (χ2v) is 8.04. The Bertz CT molecular complexity index is 790. The molecule has 2 N–H and O–H groups in total. The number of aliphatic hydroxyl groups is 1. The number of rotatable bonds is 4. The molecule has 0 spiro atoms. The van der Waals surface area contributed by atoms with Crippen LogP contribution in [0.3, 0.4) is 0 Å². The molecule has 0 aliphatic carbocycles. The summed E-state index contributed by atoms with van der Waals surface area (Å²) in [6, 6.07) is 18.7. The summed E-state index contributed by atoms with van der Waals surface area (Å²) in [6.07, 6.45) is -2.50. The van der Waals surface area contributed by atoms with Crippen LogP contribution in [0.4, 0.5) is 0 Å². The van der Waals surface area contributed by atoms with Gasteiger partial charge in [0.2, 0.25) is 5.91 Å². The van der Waals surface area contributed by atoms with Gasteiger partial charge < -0.3 is 24.6 Å². The van der Waals surface area contributed by atoms with E-state index < -0.39 is 36.1 Å². The summed E-state index contributed by atoms with van der Waals surface area (Å²) in [7, 11) is 0. The Labute approximate surface area is 168 Å². The van der Waals surface area contributed by atoms with Gasteiger partial charge in [-0.3, -0.25) is 4.79 Å². The summed E-state index contributed by atoms with van der Waals surface area (Å²) in [5, 5.41) is 13.9. The minimum Gasteiger partial charge on any atom is -0.388 e. The summed E-state index contributed by atoms with van der Waals surface area (Å²) >= 11 is 1.46. The van der Waals surface area contributed by atoms with E-state index in [0.29, 0.717) is 6.61 Å². The van der Waals surface area contributed by atoms with E-state index in [9.17, 15) is 9.90 Å². The number of amides is 1. The number of nitrogens with one attached hydrogen (secondary N) is 1. The van der Waals surface area contributed by atoms with E-state index in [2.05, 4.69) is 5.32 Å². The second-order valence-electron chi connectivity index (χ2n) is 6.87. The molecule has 2 aromatic carbocycles. The predicted octanol–water partition coefficient (Wildman–Crippen LogP) is 2.48. The van der Waals surface area contributed by atoms with Crippen LogP contribution in [0, 0.1) is 0 Å². The highest BCUT2D eigenvalue weighted by Gasteiger charge is 2.49. The van der Waals surface area contributed by atoms with Gasteiger partial charge in [-0.05, 0) is 12.1 Å². The Morgan fingerprint density at radius 2 is 1.75 bits per heavy atom. The van der Waals surface area contributed by atoms with Gasteiger partial charge in [0, 0.05) is 17.4 Å². The highest BCUT2D eigenvalue weighted by molar-refractivity contribution is 7.99. The van der Waals surface area contributed by atoms with Crippen molar-refractivity contribution in [1.82, 2.24) is 5.32 Å². The fraction of sp³-hybridized carbons (Fsp3) is 0.381. The Morgan fingerprint density at radius 1 is 1.07 bits per heavy atom. The maximum Gasteiger partial charge on any atom is 0.217 e. The molecule has 0 bridgehead atoms. The number of hydrogen-bond acceptors (Lipinski definition) is 6. The summed E-state index contributed by atoms with van der Waals surface area (Å²) in [4.78, 5) is 12.7. The second kappa shape index (κ2) is 8.63. The van der Waals surface area contributed by atoms with Gasteiger partial charge in [0.15, 0.2) is 6.29 Å². The Morgan fingerprint density at radius 3 is 2.43 bits per heavy atom. The summed E-state index contributed by atoms with van der Waals surface area (Å²) in [5.74, 6) is -0.226.